The van der Waals surface area contributed by atoms with Crippen molar-refractivity contribution in [1.82, 2.24) is 19.8 Å². The number of carbonyl (C=O) groups is 1. The number of nitrogens with zero attached hydrogens (tertiary/aromatic N) is 3. The second kappa shape index (κ2) is 7.25. The van der Waals surface area contributed by atoms with E-state index in [1.165, 1.54) is 25.7 Å². The zero-order valence-electron chi connectivity index (χ0n) is 16.3. The molecule has 0 radical (unpaired) electrons. The molecule has 2 aromatic rings. The van der Waals surface area contributed by atoms with Crippen molar-refractivity contribution in [2.75, 3.05) is 14.2 Å². The molecule has 1 atom stereocenters. The molecule has 1 heterocycles. The minimum atomic E-state index is -0.366. The molecule has 27 heavy (non-hydrogen) atoms. The van der Waals surface area contributed by atoms with Crippen LogP contribution in [0.3, 0.4) is 0 Å². The first-order valence-corrected chi connectivity index (χ1v) is 9.73. The van der Waals surface area contributed by atoms with Gasteiger partial charge in [0.05, 0.1) is 7.11 Å². The van der Waals surface area contributed by atoms with Crippen LogP contribution in [0.1, 0.15) is 43.1 Å². The maximum Gasteiger partial charge on any atom is 0.318 e. The van der Waals surface area contributed by atoms with Crippen molar-refractivity contribution in [2.24, 2.45) is 18.9 Å². The van der Waals surface area contributed by atoms with Gasteiger partial charge in [0.25, 0.3) is 0 Å². The Morgan fingerprint density at radius 1 is 1.26 bits per heavy atom. The molecule has 144 valence electrons. The van der Waals surface area contributed by atoms with Crippen LogP contribution in [0.15, 0.2) is 36.7 Å². The number of amides is 2. The molecule has 4 rings (SSSR count). The maximum absolute atomic E-state index is 13.2. The van der Waals surface area contributed by atoms with Crippen molar-refractivity contribution in [3.8, 4) is 5.75 Å². The number of hydrogen-bond acceptors (Lipinski definition) is 3. The van der Waals surface area contributed by atoms with Crippen molar-refractivity contribution in [3.05, 3.63) is 48.0 Å². The van der Waals surface area contributed by atoms with Gasteiger partial charge in [-0.2, -0.15) is 0 Å². The predicted molar refractivity (Wildman–Crippen MR) is 104 cm³/mol. The zero-order valence-corrected chi connectivity index (χ0v) is 16.3. The SMILES string of the molecule is COc1ccccc1C(NC(=O)N(C)C(C1CC1)C1CC1)c1nccn1C. The second-order valence-electron chi connectivity index (χ2n) is 7.80. The summed E-state index contributed by atoms with van der Waals surface area (Å²) in [6, 6.07) is 7.75. The van der Waals surface area contributed by atoms with Crippen molar-refractivity contribution >= 4 is 6.03 Å². The number of methoxy groups -OCH3 is 1. The number of hydrogen-bond donors (Lipinski definition) is 1. The standard InChI is InChI=1S/C21H28N4O2/c1-24-13-12-22-20(24)18(16-6-4-5-7-17(16)27-3)23-21(26)25(2)19(14-8-9-14)15-10-11-15/h4-7,12-15,18-19H,8-11H2,1-3H3,(H,23,26). The van der Waals surface area contributed by atoms with Crippen LogP contribution in [0.4, 0.5) is 4.79 Å². The van der Waals surface area contributed by atoms with Crippen LogP contribution in [0, 0.1) is 11.8 Å². The summed E-state index contributed by atoms with van der Waals surface area (Å²) in [6.45, 7) is 0. The van der Waals surface area contributed by atoms with E-state index in [4.69, 9.17) is 4.74 Å². The van der Waals surface area contributed by atoms with Crippen molar-refractivity contribution in [1.29, 1.82) is 0 Å². The van der Waals surface area contributed by atoms with Crippen LogP contribution >= 0.6 is 0 Å². The Kier molecular flexibility index (Phi) is 4.81. The minimum absolute atomic E-state index is 0.0438. The zero-order chi connectivity index (χ0) is 19.0. The third kappa shape index (κ3) is 3.66. The van der Waals surface area contributed by atoms with Crippen LogP contribution in [0.5, 0.6) is 5.75 Å². The fourth-order valence-corrected chi connectivity index (χ4v) is 4.10. The van der Waals surface area contributed by atoms with E-state index in [-0.39, 0.29) is 12.1 Å². The molecule has 1 N–H and O–H groups in total. The van der Waals surface area contributed by atoms with Crippen LogP contribution < -0.4 is 10.1 Å². The molecular weight excluding hydrogens is 340 g/mol. The summed E-state index contributed by atoms with van der Waals surface area (Å²) < 4.78 is 7.49. The molecule has 0 spiro atoms. The molecule has 1 aromatic carbocycles. The Hall–Kier alpha value is -2.50. The molecule has 2 aliphatic carbocycles. The van der Waals surface area contributed by atoms with Gasteiger partial charge in [-0.15, -0.1) is 0 Å². The number of imidazole rings is 1. The third-order valence-corrected chi connectivity index (χ3v) is 5.81. The van der Waals surface area contributed by atoms with Gasteiger partial charge in [-0.1, -0.05) is 18.2 Å². The molecule has 1 aromatic heterocycles. The molecule has 2 saturated carbocycles. The lowest BCUT2D eigenvalue weighted by Gasteiger charge is -2.31. The summed E-state index contributed by atoms with van der Waals surface area (Å²) >= 11 is 0. The van der Waals surface area contributed by atoms with Gasteiger partial charge in [-0.25, -0.2) is 9.78 Å². The molecule has 1 unspecified atom stereocenters. The summed E-state index contributed by atoms with van der Waals surface area (Å²) in [4.78, 5) is 19.6. The fraction of sp³-hybridized carbons (Fsp3) is 0.524. The Morgan fingerprint density at radius 2 is 1.93 bits per heavy atom. The molecule has 0 bridgehead atoms. The van der Waals surface area contributed by atoms with Crippen LogP contribution in [-0.4, -0.2) is 40.7 Å². The number of para-hydroxylation sites is 1. The van der Waals surface area contributed by atoms with Gasteiger partial charge in [0, 0.05) is 38.1 Å². The maximum atomic E-state index is 13.2. The van der Waals surface area contributed by atoms with Gasteiger partial charge in [0.1, 0.15) is 17.6 Å². The number of benzene rings is 1. The van der Waals surface area contributed by atoms with Crippen molar-refractivity contribution < 1.29 is 9.53 Å². The minimum Gasteiger partial charge on any atom is -0.496 e. The van der Waals surface area contributed by atoms with Crippen LogP contribution in [0.25, 0.3) is 0 Å². The number of aromatic nitrogens is 2. The first-order chi connectivity index (χ1) is 13.1. The first kappa shape index (κ1) is 17.9. The van der Waals surface area contributed by atoms with E-state index in [1.807, 2.05) is 54.0 Å². The van der Waals surface area contributed by atoms with E-state index in [2.05, 4.69) is 10.3 Å². The monoisotopic (exact) mass is 368 g/mol. The number of carbonyl (C=O) groups excluding carboxylic acids is 1. The Labute approximate surface area is 160 Å². The number of ether oxygens (including phenoxy) is 1. The summed E-state index contributed by atoms with van der Waals surface area (Å²) in [5.41, 5.74) is 0.908. The Morgan fingerprint density at radius 3 is 2.48 bits per heavy atom. The highest BCUT2D eigenvalue weighted by Gasteiger charge is 2.45. The van der Waals surface area contributed by atoms with E-state index >= 15 is 0 Å². The summed E-state index contributed by atoms with van der Waals surface area (Å²) in [5, 5.41) is 3.22. The van der Waals surface area contributed by atoms with E-state index in [9.17, 15) is 4.79 Å². The topological polar surface area (TPSA) is 59.4 Å². The van der Waals surface area contributed by atoms with Gasteiger partial charge in [0.2, 0.25) is 0 Å². The number of nitrogens with one attached hydrogen (secondary N) is 1. The molecular formula is C21H28N4O2. The Bertz CT molecular complexity index is 798. The summed E-state index contributed by atoms with van der Waals surface area (Å²) in [6.07, 6.45) is 8.62. The van der Waals surface area contributed by atoms with Crippen molar-refractivity contribution in [2.45, 2.75) is 37.8 Å². The van der Waals surface area contributed by atoms with Gasteiger partial charge >= 0.3 is 6.03 Å². The predicted octanol–water partition coefficient (Wildman–Crippen LogP) is 3.35. The highest BCUT2D eigenvalue weighted by molar-refractivity contribution is 5.75. The normalized spacial score (nSPS) is 17.6. The molecule has 2 amide bonds. The van der Waals surface area contributed by atoms with Crippen molar-refractivity contribution in [3.63, 3.8) is 0 Å². The summed E-state index contributed by atoms with van der Waals surface area (Å²) in [5.74, 6) is 2.88. The van der Waals surface area contributed by atoms with E-state index in [1.54, 1.807) is 13.3 Å². The molecule has 6 heteroatoms. The lowest BCUT2D eigenvalue weighted by Crippen LogP contribution is -2.47. The smallest absolute Gasteiger partial charge is 0.318 e. The van der Waals surface area contributed by atoms with E-state index in [0.29, 0.717) is 17.9 Å². The molecule has 6 nitrogen and oxygen atoms in total. The lowest BCUT2D eigenvalue weighted by molar-refractivity contribution is 0.171. The average Bonchev–Trinajstić information content (AvgIpc) is 3.61. The first-order valence-electron chi connectivity index (χ1n) is 9.73. The van der Waals surface area contributed by atoms with Crippen LogP contribution in [-0.2, 0) is 7.05 Å². The molecule has 0 aliphatic heterocycles. The molecule has 0 saturated heterocycles. The van der Waals surface area contributed by atoms with E-state index in [0.717, 1.165) is 17.1 Å². The highest BCUT2D eigenvalue weighted by atomic mass is 16.5. The molecule has 2 aliphatic rings. The van der Waals surface area contributed by atoms with Gasteiger partial charge in [0.15, 0.2) is 0 Å². The average molecular weight is 368 g/mol. The van der Waals surface area contributed by atoms with E-state index < -0.39 is 0 Å². The number of rotatable bonds is 7. The third-order valence-electron chi connectivity index (χ3n) is 5.81. The Balaban J connectivity index is 1.61. The fourth-order valence-electron chi connectivity index (χ4n) is 4.10. The van der Waals surface area contributed by atoms with Gasteiger partial charge < -0.3 is 19.5 Å². The largest absolute Gasteiger partial charge is 0.496 e. The van der Waals surface area contributed by atoms with Gasteiger partial charge in [-0.3, -0.25) is 0 Å². The second-order valence-corrected chi connectivity index (χ2v) is 7.80. The quantitative estimate of drug-likeness (QED) is 0.815. The summed E-state index contributed by atoms with van der Waals surface area (Å²) in [7, 11) is 5.53. The van der Waals surface area contributed by atoms with Crippen LogP contribution in [0.2, 0.25) is 0 Å². The number of urea groups is 1. The highest BCUT2D eigenvalue weighted by Crippen LogP contribution is 2.47. The van der Waals surface area contributed by atoms with Gasteiger partial charge in [-0.05, 0) is 43.6 Å². The molecule has 2 fully saturated rings. The lowest BCUT2D eigenvalue weighted by atomic mass is 10.0. The number of aryl methyl sites for hydroxylation is 1.